The molecule has 0 aliphatic rings. The summed E-state index contributed by atoms with van der Waals surface area (Å²) < 4.78 is 36.6. The number of hydrogen-bond acceptors (Lipinski definition) is 1. The van der Waals surface area contributed by atoms with Gasteiger partial charge in [-0.3, -0.25) is 0 Å². The van der Waals surface area contributed by atoms with Crippen LogP contribution in [0, 0.1) is 16.6 Å². The zero-order valence-corrected chi connectivity index (χ0v) is 15.7. The van der Waals surface area contributed by atoms with E-state index in [4.69, 9.17) is 0 Å². The molecule has 95 valence electrons. The predicted octanol–water partition coefficient (Wildman–Crippen LogP) is 5.08. The zero-order valence-electron chi connectivity index (χ0n) is 9.86. The van der Waals surface area contributed by atoms with Crippen LogP contribution in [0.15, 0.2) is 17.0 Å². The summed E-state index contributed by atoms with van der Waals surface area (Å²) in [7, 11) is 0. The third kappa shape index (κ3) is 9.73. The Morgan fingerprint density at radius 2 is 1.88 bits per heavy atom. The molecule has 0 atom stereocenters. The molecule has 0 aromatic heterocycles. The van der Waals surface area contributed by atoms with Gasteiger partial charge in [-0.05, 0) is 0 Å². The van der Waals surface area contributed by atoms with E-state index in [2.05, 4.69) is 28.7 Å². The molecule has 0 amide bonds. The van der Waals surface area contributed by atoms with Gasteiger partial charge < -0.3 is 0 Å². The fourth-order valence-electron chi connectivity index (χ4n) is 0.762. The Labute approximate surface area is 144 Å². The van der Waals surface area contributed by atoms with Gasteiger partial charge in [0.05, 0.1) is 5.75 Å². The molecule has 0 bridgehead atoms. The van der Waals surface area contributed by atoms with Gasteiger partial charge in [0.2, 0.25) is 0 Å². The van der Waals surface area contributed by atoms with E-state index in [1.807, 2.05) is 20.8 Å². The normalized spacial score (nSPS) is 10.1. The van der Waals surface area contributed by atoms with Gasteiger partial charge in [-0.1, -0.05) is 46.9 Å². The van der Waals surface area contributed by atoms with Crippen molar-refractivity contribution in [1.82, 2.24) is 0 Å². The number of rotatable bonds is 2. The summed E-state index contributed by atoms with van der Waals surface area (Å²) in [5.41, 5.74) is 1.03. The smallest absolute Gasteiger partial charge is 0.172 e. The number of halogens is 4. The second-order valence-electron chi connectivity index (χ2n) is 2.73. The van der Waals surface area contributed by atoms with E-state index in [1.54, 1.807) is 12.1 Å². The summed E-state index contributed by atoms with van der Waals surface area (Å²) in [6.07, 6.45) is -4.12. The van der Waals surface area contributed by atoms with Gasteiger partial charge in [0.25, 0.3) is 0 Å². The second kappa shape index (κ2) is 10.0. The Kier molecular flexibility index (Phi) is 12.1. The van der Waals surface area contributed by atoms with Crippen LogP contribution in [0.4, 0.5) is 13.2 Å². The average Bonchev–Trinajstić information content (AvgIpc) is 2.22. The van der Waals surface area contributed by atoms with Gasteiger partial charge in [0, 0.05) is 32.7 Å². The number of alkyl halides is 3. The molecular formula is C11H13F3ISY-. The van der Waals surface area contributed by atoms with E-state index in [1.165, 1.54) is 0 Å². The molecule has 1 rings (SSSR count). The molecule has 0 spiro atoms. The van der Waals surface area contributed by atoms with Gasteiger partial charge in [0.15, 0.2) is 0 Å². The third-order valence-electron chi connectivity index (χ3n) is 1.46. The van der Waals surface area contributed by atoms with Crippen LogP contribution in [0.3, 0.4) is 0 Å². The Morgan fingerprint density at radius 3 is 2.29 bits per heavy atom. The zero-order chi connectivity index (χ0) is 12.8. The maximum absolute atomic E-state index is 11.9. The van der Waals surface area contributed by atoms with Gasteiger partial charge in [-0.25, -0.2) is 0 Å². The van der Waals surface area contributed by atoms with Crippen molar-refractivity contribution in [2.45, 2.75) is 31.8 Å². The predicted molar refractivity (Wildman–Crippen MR) is 70.9 cm³/mol. The second-order valence-corrected chi connectivity index (χ2v) is 4.91. The summed E-state index contributed by atoms with van der Waals surface area (Å²) in [5.74, 6) is -0.858. The minimum atomic E-state index is -4.12. The van der Waals surface area contributed by atoms with Gasteiger partial charge in [-0.2, -0.15) is 25.3 Å². The van der Waals surface area contributed by atoms with E-state index < -0.39 is 11.9 Å². The van der Waals surface area contributed by atoms with E-state index in [0.717, 1.165) is 20.9 Å². The molecular weight excluding hydrogens is 437 g/mol. The third-order valence-corrected chi connectivity index (χ3v) is 3.64. The van der Waals surface area contributed by atoms with Gasteiger partial charge >= 0.3 is 6.18 Å². The van der Waals surface area contributed by atoms with Crippen molar-refractivity contribution in [3.8, 4) is 0 Å². The quantitative estimate of drug-likeness (QED) is 0.344. The van der Waals surface area contributed by atoms with Crippen LogP contribution >= 0.6 is 34.4 Å². The van der Waals surface area contributed by atoms with Crippen LogP contribution < -0.4 is 0 Å². The molecule has 0 nitrogen and oxygen atoms in total. The SMILES string of the molecule is CC.Cc1c[c-]c(SCC(F)(F)F)cc1I.[Y]. The minimum Gasteiger partial charge on any atom is -0.172 e. The van der Waals surface area contributed by atoms with E-state index in [9.17, 15) is 13.2 Å². The van der Waals surface area contributed by atoms with Gasteiger partial charge in [-0.15, -0.1) is 28.3 Å². The van der Waals surface area contributed by atoms with Crippen molar-refractivity contribution in [3.63, 3.8) is 0 Å². The van der Waals surface area contributed by atoms with Crippen molar-refractivity contribution in [2.24, 2.45) is 0 Å². The maximum atomic E-state index is 11.9. The van der Waals surface area contributed by atoms with Gasteiger partial charge in [0.1, 0.15) is 0 Å². The van der Waals surface area contributed by atoms with Crippen LogP contribution in [0.2, 0.25) is 0 Å². The van der Waals surface area contributed by atoms with E-state index in [0.29, 0.717) is 4.90 Å². The van der Waals surface area contributed by atoms with Crippen LogP contribution in [0.25, 0.3) is 0 Å². The molecule has 0 fully saturated rings. The molecule has 17 heavy (non-hydrogen) atoms. The largest absolute Gasteiger partial charge is 0.398 e. The molecule has 0 heterocycles. The van der Waals surface area contributed by atoms with Crippen molar-refractivity contribution in [3.05, 3.63) is 27.3 Å². The fraction of sp³-hybridized carbons (Fsp3) is 0.455. The first-order valence-electron chi connectivity index (χ1n) is 4.76. The molecule has 0 N–H and O–H groups in total. The van der Waals surface area contributed by atoms with Crippen molar-refractivity contribution >= 4 is 34.4 Å². The molecule has 0 aliphatic carbocycles. The van der Waals surface area contributed by atoms with Crippen molar-refractivity contribution in [2.75, 3.05) is 5.75 Å². The summed E-state index contributed by atoms with van der Waals surface area (Å²) in [6, 6.07) is 6.23. The minimum absolute atomic E-state index is 0. The molecule has 1 radical (unpaired) electrons. The first-order chi connectivity index (χ1) is 7.38. The van der Waals surface area contributed by atoms with E-state index in [-0.39, 0.29) is 32.7 Å². The summed E-state index contributed by atoms with van der Waals surface area (Å²) >= 11 is 2.86. The number of hydrogen-bond donors (Lipinski definition) is 0. The van der Waals surface area contributed by atoms with Crippen molar-refractivity contribution < 1.29 is 45.9 Å². The molecule has 1 aromatic carbocycles. The summed E-state index contributed by atoms with van der Waals surface area (Å²) in [4.78, 5) is 0.539. The van der Waals surface area contributed by atoms with E-state index >= 15 is 0 Å². The van der Waals surface area contributed by atoms with Crippen LogP contribution in [0.5, 0.6) is 0 Å². The topological polar surface area (TPSA) is 0 Å². The van der Waals surface area contributed by atoms with Crippen LogP contribution in [-0.2, 0) is 32.7 Å². The fourth-order valence-corrected chi connectivity index (χ4v) is 2.10. The first kappa shape index (κ1) is 20.5. The van der Waals surface area contributed by atoms with Crippen LogP contribution in [-0.4, -0.2) is 11.9 Å². The summed E-state index contributed by atoms with van der Waals surface area (Å²) in [6.45, 7) is 5.90. The Balaban J connectivity index is 0. The Hall–Kier alpha value is 1.19. The summed E-state index contributed by atoms with van der Waals surface area (Å²) in [5, 5.41) is 0. The molecule has 0 saturated heterocycles. The molecule has 1 aromatic rings. The maximum Gasteiger partial charge on any atom is 0.398 e. The van der Waals surface area contributed by atoms with Crippen LogP contribution in [0.1, 0.15) is 19.4 Å². The molecule has 6 heteroatoms. The molecule has 0 saturated carbocycles. The standard InChI is InChI=1S/C9H7F3IS.C2H6.Y/c1-6-2-3-7(4-8(6)13)14-5-9(10,11)12;1-2;/h2,4H,5H2,1H3;1-2H3;/q-1;;. The number of aryl methyl sites for hydroxylation is 1. The molecule has 0 aliphatic heterocycles. The average molecular weight is 450 g/mol. The Bertz CT molecular complexity index is 329. The number of benzene rings is 1. The van der Waals surface area contributed by atoms with Crippen molar-refractivity contribution in [1.29, 1.82) is 0 Å². The Morgan fingerprint density at radius 1 is 1.35 bits per heavy atom. The monoisotopic (exact) mass is 450 g/mol. The number of thioether (sulfide) groups is 1. The molecule has 0 unspecified atom stereocenters. The first-order valence-corrected chi connectivity index (χ1v) is 6.82.